The van der Waals surface area contributed by atoms with Gasteiger partial charge in [0.15, 0.2) is 0 Å². The molecule has 0 aliphatic rings. The average Bonchev–Trinajstić information content (AvgIpc) is 3.44. The van der Waals surface area contributed by atoms with Gasteiger partial charge in [0.05, 0.1) is 5.58 Å². The monoisotopic (exact) mass is 807 g/mol. The first-order valence-electron chi connectivity index (χ1n) is 16.5. The van der Waals surface area contributed by atoms with E-state index in [1.165, 1.54) is 33.4 Å². The van der Waals surface area contributed by atoms with E-state index in [9.17, 15) is 0 Å². The minimum Gasteiger partial charge on any atom is -0.500 e. The Morgan fingerprint density at radius 3 is 2.17 bits per heavy atom. The van der Waals surface area contributed by atoms with E-state index >= 15 is 0 Å². The summed E-state index contributed by atoms with van der Waals surface area (Å²) in [4.78, 5) is 9.12. The van der Waals surface area contributed by atoms with E-state index in [0.29, 0.717) is 11.8 Å². The zero-order valence-corrected chi connectivity index (χ0v) is 31.0. The van der Waals surface area contributed by atoms with Crippen molar-refractivity contribution in [2.45, 2.75) is 60.3 Å². The van der Waals surface area contributed by atoms with Crippen molar-refractivity contribution in [2.24, 2.45) is 5.92 Å². The molecule has 0 N–H and O–H groups in total. The summed E-state index contributed by atoms with van der Waals surface area (Å²) in [5.41, 5.74) is 13.6. The Labute approximate surface area is 298 Å². The van der Waals surface area contributed by atoms with Gasteiger partial charge >= 0.3 is 0 Å². The largest absolute Gasteiger partial charge is 0.500 e. The standard InChI is InChI=1S/C27H22NO.C17H20N.Ir/c1-18(2)21-8-10-26-23(16-21)24-17-22(9-11-27(24)29-26)25-15-20(12-13-28-25)14-19-6-4-3-5-7-19;1-12(2)9-16-10-17(18-11-14(16)4)15-7-5-13(3)6-8-15;/h3-8,10-13,15-18H,14H2,1-2H3;5-7,10-12H,9H2,1-4H3;/q2*-1;. The average molecular weight is 807 g/mol. The zero-order valence-electron chi connectivity index (χ0n) is 28.6. The maximum atomic E-state index is 6.03. The Bertz CT molecular complexity index is 2110. The molecule has 0 aliphatic heterocycles. The van der Waals surface area contributed by atoms with Crippen LogP contribution in [0.3, 0.4) is 0 Å². The summed E-state index contributed by atoms with van der Waals surface area (Å²) in [6, 6.07) is 40.4. The van der Waals surface area contributed by atoms with E-state index < -0.39 is 0 Å². The summed E-state index contributed by atoms with van der Waals surface area (Å²) >= 11 is 0. The van der Waals surface area contributed by atoms with Crippen molar-refractivity contribution in [1.29, 1.82) is 0 Å². The van der Waals surface area contributed by atoms with Gasteiger partial charge in [0.2, 0.25) is 0 Å². The van der Waals surface area contributed by atoms with Crippen molar-refractivity contribution in [2.75, 3.05) is 0 Å². The topological polar surface area (TPSA) is 38.9 Å². The molecule has 0 aliphatic carbocycles. The number of furan rings is 1. The first-order chi connectivity index (χ1) is 22.7. The van der Waals surface area contributed by atoms with Crippen LogP contribution in [0, 0.1) is 31.9 Å². The number of fused-ring (bicyclic) bond motifs is 3. The van der Waals surface area contributed by atoms with E-state index in [4.69, 9.17) is 4.42 Å². The van der Waals surface area contributed by atoms with Gasteiger partial charge < -0.3 is 14.4 Å². The molecule has 0 unspecified atom stereocenters. The summed E-state index contributed by atoms with van der Waals surface area (Å²) in [5.74, 6) is 1.15. The molecule has 0 spiro atoms. The minimum absolute atomic E-state index is 0. The molecular weight excluding hydrogens is 765 g/mol. The van der Waals surface area contributed by atoms with Crippen LogP contribution in [-0.2, 0) is 32.9 Å². The molecule has 3 heterocycles. The summed E-state index contributed by atoms with van der Waals surface area (Å²) in [5, 5.41) is 2.27. The predicted octanol–water partition coefficient (Wildman–Crippen LogP) is 11.5. The number of rotatable bonds is 7. The van der Waals surface area contributed by atoms with Gasteiger partial charge in [0, 0.05) is 37.9 Å². The third-order valence-corrected chi connectivity index (χ3v) is 8.53. The van der Waals surface area contributed by atoms with Crippen molar-refractivity contribution in [1.82, 2.24) is 9.97 Å². The third-order valence-electron chi connectivity index (χ3n) is 8.53. The zero-order chi connectivity index (χ0) is 32.9. The summed E-state index contributed by atoms with van der Waals surface area (Å²) in [6.45, 7) is 13.1. The second-order valence-corrected chi connectivity index (χ2v) is 13.2. The number of hydrogen-bond donors (Lipinski definition) is 0. The quantitative estimate of drug-likeness (QED) is 0.151. The van der Waals surface area contributed by atoms with Crippen LogP contribution in [0.25, 0.3) is 44.5 Å². The molecule has 0 saturated heterocycles. The van der Waals surface area contributed by atoms with Gasteiger partial charge in [-0.25, -0.2) is 0 Å². The molecule has 7 rings (SSSR count). The van der Waals surface area contributed by atoms with Crippen LogP contribution < -0.4 is 0 Å². The number of hydrogen-bond acceptors (Lipinski definition) is 3. The normalized spacial score (nSPS) is 11.1. The molecule has 0 atom stereocenters. The first kappa shape index (κ1) is 34.9. The van der Waals surface area contributed by atoms with Crippen molar-refractivity contribution in [3.63, 3.8) is 0 Å². The fourth-order valence-electron chi connectivity index (χ4n) is 5.84. The Hall–Kier alpha value is -4.37. The summed E-state index contributed by atoms with van der Waals surface area (Å²) in [7, 11) is 0. The van der Waals surface area contributed by atoms with E-state index in [-0.39, 0.29) is 20.1 Å². The molecule has 1 radical (unpaired) electrons. The number of nitrogens with zero attached hydrogens (tertiary/aromatic N) is 2. The summed E-state index contributed by atoms with van der Waals surface area (Å²) in [6.07, 6.45) is 5.86. The van der Waals surface area contributed by atoms with E-state index in [1.54, 1.807) is 0 Å². The SMILES string of the molecule is CC(C)c1ccc2oc3c[c-]c(-c4cc(Cc5ccccc5)ccn4)cc3c2c1.Cc1c[c-]c(-c2cc(CC(C)C)c(C)cn2)cc1.[Ir]. The van der Waals surface area contributed by atoms with Gasteiger partial charge in [-0.15, -0.1) is 59.2 Å². The van der Waals surface area contributed by atoms with Gasteiger partial charge in [0.25, 0.3) is 0 Å². The maximum absolute atomic E-state index is 6.03. The molecule has 4 aromatic carbocycles. The van der Waals surface area contributed by atoms with Crippen LogP contribution >= 0.6 is 0 Å². The fourth-order valence-corrected chi connectivity index (χ4v) is 5.84. The molecule has 0 fully saturated rings. The molecule has 245 valence electrons. The molecule has 3 aromatic heterocycles. The molecule has 7 aromatic rings. The summed E-state index contributed by atoms with van der Waals surface area (Å²) < 4.78 is 6.03. The molecular formula is C44H42IrN2O-2. The number of aryl methyl sites for hydroxylation is 2. The Morgan fingerprint density at radius 1 is 0.688 bits per heavy atom. The van der Waals surface area contributed by atoms with E-state index in [2.05, 4.69) is 143 Å². The van der Waals surface area contributed by atoms with Gasteiger partial charge in [-0.3, -0.25) is 0 Å². The second kappa shape index (κ2) is 15.7. The Morgan fingerprint density at radius 2 is 1.44 bits per heavy atom. The Kier molecular flexibility index (Phi) is 11.4. The van der Waals surface area contributed by atoms with Crippen LogP contribution in [0.2, 0.25) is 0 Å². The van der Waals surface area contributed by atoms with Crippen LogP contribution in [0.5, 0.6) is 0 Å². The first-order valence-corrected chi connectivity index (χ1v) is 16.5. The number of benzene rings is 4. The van der Waals surface area contributed by atoms with Gasteiger partial charge in [-0.1, -0.05) is 94.1 Å². The van der Waals surface area contributed by atoms with E-state index in [0.717, 1.165) is 57.3 Å². The van der Waals surface area contributed by atoms with Crippen molar-refractivity contribution in [3.8, 4) is 22.5 Å². The predicted molar refractivity (Wildman–Crippen MR) is 196 cm³/mol. The van der Waals surface area contributed by atoms with Crippen molar-refractivity contribution < 1.29 is 24.5 Å². The number of aromatic nitrogens is 2. The fraction of sp³-hybridized carbons (Fsp3) is 0.227. The third kappa shape index (κ3) is 8.37. The van der Waals surface area contributed by atoms with Crippen LogP contribution in [0.4, 0.5) is 0 Å². The molecule has 3 nitrogen and oxygen atoms in total. The van der Waals surface area contributed by atoms with Gasteiger partial charge in [-0.2, -0.15) is 0 Å². The van der Waals surface area contributed by atoms with Gasteiger partial charge in [0.1, 0.15) is 5.58 Å². The van der Waals surface area contributed by atoms with Gasteiger partial charge in [-0.05, 0) is 83.4 Å². The van der Waals surface area contributed by atoms with Crippen LogP contribution in [0.1, 0.15) is 67.0 Å². The molecule has 0 amide bonds. The second-order valence-electron chi connectivity index (χ2n) is 13.2. The molecule has 0 saturated carbocycles. The van der Waals surface area contributed by atoms with Crippen molar-refractivity contribution >= 4 is 21.9 Å². The van der Waals surface area contributed by atoms with Crippen LogP contribution in [0.15, 0.2) is 114 Å². The molecule has 4 heteroatoms. The van der Waals surface area contributed by atoms with Crippen LogP contribution in [-0.4, -0.2) is 9.97 Å². The minimum atomic E-state index is 0. The number of pyridine rings is 2. The smallest absolute Gasteiger partial charge is 0.120 e. The molecule has 0 bridgehead atoms. The molecule has 48 heavy (non-hydrogen) atoms. The van der Waals surface area contributed by atoms with Crippen molar-refractivity contribution in [3.05, 3.63) is 155 Å². The Balaban J connectivity index is 0.000000205. The maximum Gasteiger partial charge on any atom is 0.120 e. The van der Waals surface area contributed by atoms with E-state index in [1.807, 2.05) is 30.6 Å².